The van der Waals surface area contributed by atoms with E-state index in [9.17, 15) is 9.59 Å². The molecular weight excluding hydrogens is 472 g/mol. The summed E-state index contributed by atoms with van der Waals surface area (Å²) in [5.74, 6) is -0.710. The van der Waals surface area contributed by atoms with E-state index in [2.05, 4.69) is 26.0 Å². The summed E-state index contributed by atoms with van der Waals surface area (Å²) in [4.78, 5) is 23.2. The molecule has 0 rings (SSSR count). The van der Waals surface area contributed by atoms with Crippen LogP contribution in [0.2, 0.25) is 0 Å². The molecule has 1 unspecified atom stereocenters. The summed E-state index contributed by atoms with van der Waals surface area (Å²) >= 11 is 0. The number of rotatable bonds is 30. The Hall–Kier alpha value is -1.32. The van der Waals surface area contributed by atoms with Gasteiger partial charge < -0.3 is 9.84 Å². The lowest BCUT2D eigenvalue weighted by Gasteiger charge is -2.18. The van der Waals surface area contributed by atoms with Gasteiger partial charge in [0.2, 0.25) is 0 Å². The van der Waals surface area contributed by atoms with Crippen LogP contribution in [0.5, 0.6) is 0 Å². The van der Waals surface area contributed by atoms with Crippen LogP contribution in [0.25, 0.3) is 0 Å². The highest BCUT2D eigenvalue weighted by atomic mass is 16.5. The Morgan fingerprint density at radius 2 is 0.947 bits per heavy atom. The zero-order valence-electron chi connectivity index (χ0n) is 25.5. The second-order valence-corrected chi connectivity index (χ2v) is 11.3. The summed E-state index contributed by atoms with van der Waals surface area (Å²) in [6.07, 6.45) is 35.0. The molecule has 0 saturated carbocycles. The lowest BCUT2D eigenvalue weighted by atomic mass is 10.0. The van der Waals surface area contributed by atoms with Crippen LogP contribution in [0.3, 0.4) is 0 Å². The molecule has 4 heteroatoms. The van der Waals surface area contributed by atoms with Crippen LogP contribution in [-0.2, 0) is 14.3 Å². The quantitative estimate of drug-likeness (QED) is 0.0563. The zero-order chi connectivity index (χ0) is 27.9. The van der Waals surface area contributed by atoms with Gasteiger partial charge in [-0.15, -0.1) is 0 Å². The van der Waals surface area contributed by atoms with Crippen LogP contribution in [0.15, 0.2) is 12.2 Å². The summed E-state index contributed by atoms with van der Waals surface area (Å²) in [6, 6.07) is 0. The average Bonchev–Trinajstić information content (AvgIpc) is 2.89. The van der Waals surface area contributed by atoms with E-state index in [0.717, 1.165) is 64.2 Å². The number of allylic oxidation sites excluding steroid dienone is 2. The molecule has 0 aromatic rings. The Labute approximate surface area is 236 Å². The first kappa shape index (κ1) is 36.7. The van der Waals surface area contributed by atoms with Crippen molar-refractivity contribution in [1.29, 1.82) is 0 Å². The van der Waals surface area contributed by atoms with Crippen LogP contribution >= 0.6 is 0 Å². The van der Waals surface area contributed by atoms with Gasteiger partial charge in [0.05, 0.1) is 0 Å². The zero-order valence-corrected chi connectivity index (χ0v) is 25.5. The summed E-state index contributed by atoms with van der Waals surface area (Å²) < 4.78 is 5.94. The first-order valence-electron chi connectivity index (χ1n) is 16.7. The molecule has 0 aliphatic heterocycles. The monoisotopic (exact) mass is 536 g/mol. The normalized spacial score (nSPS) is 12.3. The van der Waals surface area contributed by atoms with Crippen molar-refractivity contribution in [2.75, 3.05) is 0 Å². The van der Waals surface area contributed by atoms with E-state index < -0.39 is 5.97 Å². The van der Waals surface area contributed by atoms with Crippen molar-refractivity contribution < 1.29 is 19.4 Å². The summed E-state index contributed by atoms with van der Waals surface area (Å²) in [5.41, 5.74) is 0. The van der Waals surface area contributed by atoms with Gasteiger partial charge in [-0.3, -0.25) is 9.59 Å². The second kappa shape index (κ2) is 30.2. The van der Waals surface area contributed by atoms with Gasteiger partial charge in [-0.25, -0.2) is 0 Å². The number of carboxylic acids is 1. The van der Waals surface area contributed by atoms with Gasteiger partial charge >= 0.3 is 11.9 Å². The average molecular weight is 537 g/mol. The van der Waals surface area contributed by atoms with Crippen LogP contribution in [-0.4, -0.2) is 23.1 Å². The maximum absolute atomic E-state index is 12.5. The number of aliphatic carboxylic acids is 1. The van der Waals surface area contributed by atoms with Gasteiger partial charge in [-0.05, 0) is 64.2 Å². The van der Waals surface area contributed by atoms with Crippen molar-refractivity contribution in [2.45, 2.75) is 193 Å². The van der Waals surface area contributed by atoms with Crippen LogP contribution in [0, 0.1) is 0 Å². The van der Waals surface area contributed by atoms with E-state index in [0.29, 0.717) is 6.42 Å². The fourth-order valence-electron chi connectivity index (χ4n) is 5.00. The predicted octanol–water partition coefficient (Wildman–Crippen LogP) is 11.1. The molecule has 0 aromatic heterocycles. The molecule has 1 N–H and O–H groups in total. The predicted molar refractivity (Wildman–Crippen MR) is 163 cm³/mol. The Balaban J connectivity index is 3.99. The van der Waals surface area contributed by atoms with E-state index in [-0.39, 0.29) is 18.5 Å². The van der Waals surface area contributed by atoms with Crippen LogP contribution in [0.1, 0.15) is 187 Å². The molecule has 0 radical (unpaired) electrons. The maximum atomic E-state index is 12.5. The van der Waals surface area contributed by atoms with Crippen molar-refractivity contribution in [3.63, 3.8) is 0 Å². The molecule has 0 fully saturated rings. The highest BCUT2D eigenvalue weighted by molar-refractivity contribution is 5.69. The van der Waals surface area contributed by atoms with Gasteiger partial charge in [0.25, 0.3) is 0 Å². The van der Waals surface area contributed by atoms with Gasteiger partial charge in [-0.1, -0.05) is 122 Å². The molecule has 0 aromatic carbocycles. The van der Waals surface area contributed by atoms with E-state index in [1.807, 2.05) is 0 Å². The molecule has 0 spiro atoms. The molecule has 224 valence electrons. The lowest BCUT2D eigenvalue weighted by molar-refractivity contribution is -0.150. The number of carbonyl (C=O) groups excluding carboxylic acids is 1. The topological polar surface area (TPSA) is 63.6 Å². The molecule has 0 amide bonds. The smallest absolute Gasteiger partial charge is 0.306 e. The number of carbonyl (C=O) groups is 2. The SMILES string of the molecule is CCCCCCC=CCCCCCCCC(=O)OC(CCCCCCCCC)CCCCCCCC(=O)O. The lowest BCUT2D eigenvalue weighted by Crippen LogP contribution is -2.18. The Kier molecular flexibility index (Phi) is 29.2. The fourth-order valence-corrected chi connectivity index (χ4v) is 5.00. The third kappa shape index (κ3) is 29.2. The summed E-state index contributed by atoms with van der Waals surface area (Å²) in [5, 5.41) is 8.76. The second-order valence-electron chi connectivity index (χ2n) is 11.3. The van der Waals surface area contributed by atoms with Crippen molar-refractivity contribution in [3.8, 4) is 0 Å². The van der Waals surface area contributed by atoms with Crippen LogP contribution in [0.4, 0.5) is 0 Å². The molecular formula is C34H64O4. The Morgan fingerprint density at radius 1 is 0.553 bits per heavy atom. The van der Waals surface area contributed by atoms with E-state index in [1.54, 1.807) is 0 Å². The third-order valence-electron chi connectivity index (χ3n) is 7.49. The number of unbranched alkanes of at least 4 members (excludes halogenated alkanes) is 19. The molecule has 0 aliphatic carbocycles. The number of esters is 1. The van der Waals surface area contributed by atoms with Gasteiger partial charge in [-0.2, -0.15) is 0 Å². The van der Waals surface area contributed by atoms with Crippen molar-refractivity contribution in [2.24, 2.45) is 0 Å². The fraction of sp³-hybridized carbons (Fsp3) is 0.882. The van der Waals surface area contributed by atoms with Crippen molar-refractivity contribution >= 4 is 11.9 Å². The maximum Gasteiger partial charge on any atom is 0.306 e. The van der Waals surface area contributed by atoms with Crippen LogP contribution < -0.4 is 0 Å². The molecule has 1 atom stereocenters. The standard InChI is InChI=1S/C34H64O4/c1-3-5-7-9-11-12-13-14-15-16-18-23-27-31-34(37)38-32(28-24-20-17-10-8-6-4-2)29-25-21-19-22-26-30-33(35)36/h12-13,32H,3-11,14-31H2,1-2H3,(H,35,36). The number of hydrogen-bond donors (Lipinski definition) is 1. The highest BCUT2D eigenvalue weighted by Crippen LogP contribution is 2.18. The van der Waals surface area contributed by atoms with E-state index in [4.69, 9.17) is 9.84 Å². The minimum atomic E-state index is -0.702. The molecule has 0 heterocycles. The van der Waals surface area contributed by atoms with Crippen molar-refractivity contribution in [3.05, 3.63) is 12.2 Å². The number of hydrogen-bond acceptors (Lipinski definition) is 3. The van der Waals surface area contributed by atoms with E-state index in [1.165, 1.54) is 96.3 Å². The minimum absolute atomic E-state index is 0.00888. The summed E-state index contributed by atoms with van der Waals surface area (Å²) in [7, 11) is 0. The number of ether oxygens (including phenoxy) is 1. The molecule has 0 bridgehead atoms. The summed E-state index contributed by atoms with van der Waals surface area (Å²) in [6.45, 7) is 4.51. The Bertz CT molecular complexity index is 543. The largest absolute Gasteiger partial charge is 0.481 e. The first-order valence-corrected chi connectivity index (χ1v) is 16.7. The third-order valence-corrected chi connectivity index (χ3v) is 7.49. The Morgan fingerprint density at radius 3 is 1.45 bits per heavy atom. The van der Waals surface area contributed by atoms with Gasteiger partial charge in [0.15, 0.2) is 0 Å². The highest BCUT2D eigenvalue weighted by Gasteiger charge is 2.14. The molecule has 4 nitrogen and oxygen atoms in total. The van der Waals surface area contributed by atoms with Gasteiger partial charge in [0, 0.05) is 12.8 Å². The minimum Gasteiger partial charge on any atom is -0.481 e. The number of carboxylic acid groups (broad SMARTS) is 1. The van der Waals surface area contributed by atoms with Gasteiger partial charge in [0.1, 0.15) is 6.10 Å². The molecule has 0 aliphatic rings. The molecule has 0 saturated heterocycles. The first-order chi connectivity index (χ1) is 18.6. The van der Waals surface area contributed by atoms with Crippen molar-refractivity contribution in [1.82, 2.24) is 0 Å². The molecule has 38 heavy (non-hydrogen) atoms. The van der Waals surface area contributed by atoms with E-state index >= 15 is 0 Å².